The lowest BCUT2D eigenvalue weighted by molar-refractivity contribution is 0.126. The molecule has 2 bridgehead atoms. The summed E-state index contributed by atoms with van der Waals surface area (Å²) in [5.41, 5.74) is 0.368. The van der Waals surface area contributed by atoms with Gasteiger partial charge in [-0.05, 0) is 76.9 Å². The zero-order valence-corrected chi connectivity index (χ0v) is 12.7. The second-order valence-electron chi connectivity index (χ2n) is 6.30. The highest BCUT2D eigenvalue weighted by atomic mass is 79.9. The summed E-state index contributed by atoms with van der Waals surface area (Å²) in [4.78, 5) is 0. The maximum atomic E-state index is 14.0. The van der Waals surface area contributed by atoms with Crippen molar-refractivity contribution in [1.82, 2.24) is 0 Å². The topological polar surface area (TPSA) is 20.2 Å². The van der Waals surface area contributed by atoms with Crippen molar-refractivity contribution in [3.05, 3.63) is 33.0 Å². The molecule has 19 heavy (non-hydrogen) atoms. The van der Waals surface area contributed by atoms with E-state index in [4.69, 9.17) is 11.6 Å². The van der Waals surface area contributed by atoms with E-state index in [2.05, 4.69) is 15.9 Å². The first-order valence-electron chi connectivity index (χ1n) is 6.90. The van der Waals surface area contributed by atoms with Gasteiger partial charge in [-0.2, -0.15) is 0 Å². The van der Waals surface area contributed by atoms with Crippen LogP contribution in [0, 0.1) is 35.4 Å². The van der Waals surface area contributed by atoms with Crippen molar-refractivity contribution in [2.45, 2.75) is 25.4 Å². The maximum absolute atomic E-state index is 14.0. The van der Waals surface area contributed by atoms with Gasteiger partial charge in [0, 0.05) is 10.0 Å². The highest BCUT2D eigenvalue weighted by molar-refractivity contribution is 9.10. The Bertz CT molecular complexity index is 533. The molecule has 0 spiro atoms. The number of hydrogen-bond acceptors (Lipinski definition) is 1. The van der Waals surface area contributed by atoms with Crippen LogP contribution in [0.2, 0.25) is 5.02 Å². The van der Waals surface area contributed by atoms with Crippen LogP contribution in [0.3, 0.4) is 0 Å². The lowest BCUT2D eigenvalue weighted by atomic mass is 9.95. The van der Waals surface area contributed by atoms with Gasteiger partial charge in [0.1, 0.15) is 5.82 Å². The Morgan fingerprint density at radius 3 is 2.53 bits per heavy atom. The van der Waals surface area contributed by atoms with Crippen LogP contribution in [0.5, 0.6) is 0 Å². The molecule has 1 aromatic carbocycles. The summed E-state index contributed by atoms with van der Waals surface area (Å²) >= 11 is 9.23. The van der Waals surface area contributed by atoms with Crippen LogP contribution >= 0.6 is 27.5 Å². The third kappa shape index (κ3) is 1.74. The minimum Gasteiger partial charge on any atom is -0.388 e. The fourth-order valence-corrected chi connectivity index (χ4v) is 5.27. The Hall–Kier alpha value is -0.120. The van der Waals surface area contributed by atoms with Gasteiger partial charge in [-0.3, -0.25) is 0 Å². The lowest BCUT2D eigenvalue weighted by Gasteiger charge is -2.17. The molecule has 0 saturated heterocycles. The average molecular weight is 346 g/mol. The van der Waals surface area contributed by atoms with E-state index < -0.39 is 6.10 Å². The molecule has 0 heterocycles. The molecule has 3 aliphatic rings. The molecular formula is C15H15BrClFO. The highest BCUT2D eigenvalue weighted by Crippen LogP contribution is 2.72. The van der Waals surface area contributed by atoms with Crippen LogP contribution in [-0.4, -0.2) is 5.11 Å². The Morgan fingerprint density at radius 1 is 1.26 bits per heavy atom. The highest BCUT2D eigenvalue weighted by Gasteiger charge is 2.66. The van der Waals surface area contributed by atoms with Crippen LogP contribution in [0.1, 0.15) is 30.9 Å². The number of benzene rings is 1. The normalized spacial score (nSPS) is 40.3. The molecule has 3 fully saturated rings. The van der Waals surface area contributed by atoms with E-state index in [0.717, 1.165) is 11.8 Å². The molecule has 1 N–H and O–H groups in total. The van der Waals surface area contributed by atoms with Crippen LogP contribution < -0.4 is 0 Å². The zero-order valence-electron chi connectivity index (χ0n) is 10.3. The Balaban J connectivity index is 1.62. The second kappa shape index (κ2) is 4.19. The van der Waals surface area contributed by atoms with Gasteiger partial charge in [-0.15, -0.1) is 0 Å². The summed E-state index contributed by atoms with van der Waals surface area (Å²) < 4.78 is 14.5. The Labute approximate surface area is 125 Å². The molecule has 1 aromatic rings. The molecule has 0 amide bonds. The van der Waals surface area contributed by atoms with Crippen molar-refractivity contribution in [3.63, 3.8) is 0 Å². The number of aliphatic hydroxyl groups excluding tert-OH is 1. The first-order valence-corrected chi connectivity index (χ1v) is 8.07. The van der Waals surface area contributed by atoms with E-state index in [1.54, 1.807) is 6.07 Å². The van der Waals surface area contributed by atoms with Crippen molar-refractivity contribution in [3.8, 4) is 0 Å². The van der Waals surface area contributed by atoms with Crippen LogP contribution in [0.15, 0.2) is 16.6 Å². The van der Waals surface area contributed by atoms with Crippen molar-refractivity contribution in [2.75, 3.05) is 0 Å². The summed E-state index contributed by atoms with van der Waals surface area (Å²) in [5.74, 6) is 2.73. The fourth-order valence-electron chi connectivity index (χ4n) is 4.79. The molecule has 5 atom stereocenters. The first kappa shape index (κ1) is 12.6. The number of fused-ring (bicyclic) bond motifs is 5. The molecular weight excluding hydrogens is 331 g/mol. The SMILES string of the molecule is OC(c1cc(Cl)c(Br)cc1F)C1C2C3CCC(C3)C21. The molecule has 4 heteroatoms. The first-order chi connectivity index (χ1) is 9.08. The van der Waals surface area contributed by atoms with Gasteiger partial charge in [0.25, 0.3) is 0 Å². The average Bonchev–Trinajstić information content (AvgIpc) is 2.81. The summed E-state index contributed by atoms with van der Waals surface area (Å²) in [6.07, 6.45) is 3.25. The molecule has 0 aromatic heterocycles. The predicted octanol–water partition coefficient (Wildman–Crippen LogP) is 4.57. The van der Waals surface area contributed by atoms with Crippen molar-refractivity contribution >= 4 is 27.5 Å². The quantitative estimate of drug-likeness (QED) is 0.779. The number of aliphatic hydroxyl groups is 1. The number of hydrogen-bond donors (Lipinski definition) is 1. The van der Waals surface area contributed by atoms with Crippen molar-refractivity contribution < 1.29 is 9.50 Å². The van der Waals surface area contributed by atoms with Gasteiger partial charge in [0.2, 0.25) is 0 Å². The van der Waals surface area contributed by atoms with Crippen molar-refractivity contribution in [1.29, 1.82) is 0 Å². The van der Waals surface area contributed by atoms with E-state index in [0.29, 0.717) is 26.9 Å². The smallest absolute Gasteiger partial charge is 0.130 e. The Kier molecular flexibility index (Phi) is 2.78. The Morgan fingerprint density at radius 2 is 1.89 bits per heavy atom. The van der Waals surface area contributed by atoms with Crippen LogP contribution in [0.4, 0.5) is 4.39 Å². The minimum absolute atomic E-state index is 0.262. The van der Waals surface area contributed by atoms with E-state index >= 15 is 0 Å². The van der Waals surface area contributed by atoms with Gasteiger partial charge in [-0.25, -0.2) is 4.39 Å². The number of rotatable bonds is 2. The lowest BCUT2D eigenvalue weighted by Crippen LogP contribution is -2.10. The molecule has 1 nitrogen and oxygen atoms in total. The zero-order chi connectivity index (χ0) is 13.3. The molecule has 3 saturated carbocycles. The van der Waals surface area contributed by atoms with Gasteiger partial charge < -0.3 is 5.11 Å². The van der Waals surface area contributed by atoms with Crippen LogP contribution in [0.25, 0.3) is 0 Å². The summed E-state index contributed by atoms with van der Waals surface area (Å²) in [7, 11) is 0. The largest absolute Gasteiger partial charge is 0.388 e. The second-order valence-corrected chi connectivity index (χ2v) is 7.56. The molecule has 0 radical (unpaired) electrons. The monoisotopic (exact) mass is 344 g/mol. The van der Waals surface area contributed by atoms with E-state index in [1.807, 2.05) is 0 Å². The third-order valence-corrected chi connectivity index (χ3v) is 6.71. The summed E-state index contributed by atoms with van der Waals surface area (Å²) in [6, 6.07) is 2.93. The van der Waals surface area contributed by atoms with Crippen molar-refractivity contribution in [2.24, 2.45) is 29.6 Å². The number of halogens is 3. The fraction of sp³-hybridized carbons (Fsp3) is 0.600. The van der Waals surface area contributed by atoms with Gasteiger partial charge in [0.15, 0.2) is 0 Å². The third-order valence-electron chi connectivity index (χ3n) is 5.52. The van der Waals surface area contributed by atoms with Gasteiger partial charge in [0.05, 0.1) is 11.1 Å². The minimum atomic E-state index is -0.691. The predicted molar refractivity (Wildman–Crippen MR) is 75.4 cm³/mol. The summed E-state index contributed by atoms with van der Waals surface area (Å²) in [6.45, 7) is 0. The van der Waals surface area contributed by atoms with Crippen LogP contribution in [-0.2, 0) is 0 Å². The molecule has 0 aliphatic heterocycles. The molecule has 5 unspecified atom stereocenters. The maximum Gasteiger partial charge on any atom is 0.130 e. The van der Waals surface area contributed by atoms with E-state index in [9.17, 15) is 9.50 Å². The molecule has 4 rings (SSSR count). The van der Waals surface area contributed by atoms with Gasteiger partial charge in [-0.1, -0.05) is 11.6 Å². The molecule has 102 valence electrons. The summed E-state index contributed by atoms with van der Waals surface area (Å²) in [5, 5.41) is 11.0. The molecule has 3 aliphatic carbocycles. The van der Waals surface area contributed by atoms with Gasteiger partial charge >= 0.3 is 0 Å². The standard InChI is InChI=1S/C15H15BrClFO/c16-9-5-11(18)8(4-10(9)17)15(19)14-12-6-1-2-7(3-6)13(12)14/h4-7,12-15,19H,1-3H2. The van der Waals surface area contributed by atoms with E-state index in [1.165, 1.54) is 25.3 Å². The van der Waals surface area contributed by atoms with E-state index in [-0.39, 0.29) is 11.7 Å².